The monoisotopic (exact) mass is 258 g/mol. The van der Waals surface area contributed by atoms with E-state index in [0.29, 0.717) is 5.71 Å². The Morgan fingerprint density at radius 1 is 1.26 bits per heavy atom. The smallest absolute Gasteiger partial charge is 0.268 e. The molecule has 98 valence electrons. The number of hydrogen-bond donors (Lipinski definition) is 0. The minimum absolute atomic E-state index is 0.298. The molecule has 3 amide bonds. The lowest BCUT2D eigenvalue weighted by Gasteiger charge is -2.20. The van der Waals surface area contributed by atoms with Crippen LogP contribution in [0.4, 0.5) is 4.79 Å². The van der Waals surface area contributed by atoms with E-state index < -0.39 is 6.04 Å². The number of likely N-dealkylation sites (N-methyl/N-ethyl adjacent to an activating group) is 1. The van der Waals surface area contributed by atoms with Gasteiger partial charge in [-0.15, -0.1) is 0 Å². The SMILES string of the molecule is CC1=[N+](C)C(=O)N(C)C(=O)C1N=Cc1ccccc1. The molecule has 1 heterocycles. The average Bonchev–Trinajstić information content (AvgIpc) is 2.44. The van der Waals surface area contributed by atoms with Gasteiger partial charge in [0, 0.05) is 6.21 Å². The molecule has 0 aromatic heterocycles. The molecule has 1 aliphatic rings. The van der Waals surface area contributed by atoms with Crippen molar-refractivity contribution in [3.63, 3.8) is 0 Å². The van der Waals surface area contributed by atoms with Crippen molar-refractivity contribution in [2.24, 2.45) is 4.99 Å². The molecule has 5 nitrogen and oxygen atoms in total. The molecular formula is C14H16N3O2+. The summed E-state index contributed by atoms with van der Waals surface area (Å²) < 4.78 is 1.45. The topological polar surface area (TPSA) is 52.8 Å². The normalized spacial score (nSPS) is 20.6. The van der Waals surface area contributed by atoms with Crippen LogP contribution in [-0.2, 0) is 4.79 Å². The number of aliphatic imine (C=N–C) groups is 1. The largest absolute Gasteiger partial charge is 0.500 e. The minimum Gasteiger partial charge on any atom is -0.268 e. The third kappa shape index (κ3) is 2.45. The number of carbonyl (C=O) groups excluding carboxylic acids is 2. The van der Waals surface area contributed by atoms with E-state index in [4.69, 9.17) is 0 Å². The molecule has 1 unspecified atom stereocenters. The van der Waals surface area contributed by atoms with Crippen LogP contribution < -0.4 is 0 Å². The van der Waals surface area contributed by atoms with Gasteiger partial charge in [-0.25, -0.2) is 4.79 Å². The Hall–Kier alpha value is -2.30. The second-order valence-electron chi connectivity index (χ2n) is 4.47. The molecule has 1 aliphatic heterocycles. The molecule has 1 aromatic carbocycles. The van der Waals surface area contributed by atoms with Gasteiger partial charge in [0.2, 0.25) is 6.04 Å². The molecule has 0 N–H and O–H groups in total. The van der Waals surface area contributed by atoms with Crippen LogP contribution in [0, 0.1) is 0 Å². The van der Waals surface area contributed by atoms with Crippen molar-refractivity contribution in [1.82, 2.24) is 4.90 Å². The minimum atomic E-state index is -0.632. The highest BCUT2D eigenvalue weighted by Gasteiger charge is 2.42. The maximum Gasteiger partial charge on any atom is 0.500 e. The van der Waals surface area contributed by atoms with Crippen LogP contribution in [0.15, 0.2) is 35.3 Å². The van der Waals surface area contributed by atoms with Gasteiger partial charge in [-0.3, -0.25) is 4.99 Å². The third-order valence-electron chi connectivity index (χ3n) is 3.24. The van der Waals surface area contributed by atoms with Crippen LogP contribution in [-0.4, -0.2) is 53.5 Å². The van der Waals surface area contributed by atoms with Crippen LogP contribution in [0.2, 0.25) is 0 Å². The Balaban J connectivity index is 2.32. The first-order valence-corrected chi connectivity index (χ1v) is 5.99. The van der Waals surface area contributed by atoms with Crippen molar-refractivity contribution in [1.29, 1.82) is 0 Å². The number of carbonyl (C=O) groups is 2. The van der Waals surface area contributed by atoms with E-state index in [1.165, 1.54) is 11.6 Å². The van der Waals surface area contributed by atoms with Gasteiger partial charge in [0.25, 0.3) is 0 Å². The van der Waals surface area contributed by atoms with Crippen LogP contribution in [0.3, 0.4) is 0 Å². The van der Waals surface area contributed by atoms with Gasteiger partial charge >= 0.3 is 11.9 Å². The molecule has 0 saturated carbocycles. The molecule has 0 bridgehead atoms. The Kier molecular flexibility index (Phi) is 3.55. The van der Waals surface area contributed by atoms with Crippen molar-refractivity contribution < 1.29 is 14.2 Å². The van der Waals surface area contributed by atoms with E-state index in [1.54, 1.807) is 20.2 Å². The molecule has 2 rings (SSSR count). The summed E-state index contributed by atoms with van der Waals surface area (Å²) in [7, 11) is 3.12. The molecule has 0 radical (unpaired) electrons. The lowest BCUT2D eigenvalue weighted by Crippen LogP contribution is -2.53. The quantitative estimate of drug-likeness (QED) is 0.590. The zero-order valence-electron chi connectivity index (χ0n) is 11.2. The molecule has 0 spiro atoms. The first-order valence-electron chi connectivity index (χ1n) is 5.99. The van der Waals surface area contributed by atoms with E-state index in [1.807, 2.05) is 30.3 Å². The van der Waals surface area contributed by atoms with Gasteiger partial charge in [0.05, 0.1) is 14.1 Å². The molecule has 0 aliphatic carbocycles. The van der Waals surface area contributed by atoms with Gasteiger partial charge < -0.3 is 0 Å². The summed E-state index contributed by atoms with van der Waals surface area (Å²) in [5.74, 6) is -0.298. The highest BCUT2D eigenvalue weighted by Crippen LogP contribution is 2.09. The van der Waals surface area contributed by atoms with Crippen molar-refractivity contribution in [3.8, 4) is 0 Å². The van der Waals surface area contributed by atoms with Gasteiger partial charge in [-0.2, -0.15) is 14.3 Å². The Labute approximate surface area is 111 Å². The second kappa shape index (κ2) is 5.14. The molecular weight excluding hydrogens is 242 g/mol. The van der Waals surface area contributed by atoms with Gasteiger partial charge in [0.1, 0.15) is 5.71 Å². The van der Waals surface area contributed by atoms with Crippen LogP contribution in [0.25, 0.3) is 0 Å². The standard InChI is InChI=1S/C14H16N3O2/c1-10-12(13(18)17(3)14(19)16(10)2)15-9-11-7-5-4-6-8-11/h4-9,12H,1-3H3/q+1. The van der Waals surface area contributed by atoms with Crippen LogP contribution >= 0.6 is 0 Å². The Morgan fingerprint density at radius 3 is 2.53 bits per heavy atom. The number of urea groups is 1. The van der Waals surface area contributed by atoms with Gasteiger partial charge in [-0.05, 0) is 12.5 Å². The van der Waals surface area contributed by atoms with E-state index >= 15 is 0 Å². The highest BCUT2D eigenvalue weighted by atomic mass is 16.2. The van der Waals surface area contributed by atoms with Crippen molar-refractivity contribution >= 4 is 23.9 Å². The van der Waals surface area contributed by atoms with Crippen LogP contribution in [0.5, 0.6) is 0 Å². The predicted molar refractivity (Wildman–Crippen MR) is 72.9 cm³/mol. The van der Waals surface area contributed by atoms with Crippen LogP contribution in [0.1, 0.15) is 12.5 Å². The lowest BCUT2D eigenvalue weighted by atomic mass is 10.1. The fourth-order valence-electron chi connectivity index (χ4n) is 1.89. The summed E-state index contributed by atoms with van der Waals surface area (Å²) in [5.41, 5.74) is 1.56. The van der Waals surface area contributed by atoms with Crippen molar-refractivity contribution in [2.45, 2.75) is 13.0 Å². The first-order chi connectivity index (χ1) is 9.02. The third-order valence-corrected chi connectivity index (χ3v) is 3.24. The average molecular weight is 258 g/mol. The van der Waals surface area contributed by atoms with Gasteiger partial charge in [-0.1, -0.05) is 30.3 Å². The van der Waals surface area contributed by atoms with E-state index in [9.17, 15) is 9.59 Å². The summed E-state index contributed by atoms with van der Waals surface area (Å²) in [6, 6.07) is 8.59. The number of rotatable bonds is 2. The van der Waals surface area contributed by atoms with Crippen molar-refractivity contribution in [3.05, 3.63) is 35.9 Å². The number of hydrogen-bond acceptors (Lipinski definition) is 3. The number of amides is 3. The summed E-state index contributed by atoms with van der Waals surface area (Å²) in [6.07, 6.45) is 1.66. The molecule has 5 heteroatoms. The summed E-state index contributed by atoms with van der Waals surface area (Å²) in [5, 5.41) is 0. The number of nitrogens with zero attached hydrogens (tertiary/aromatic N) is 3. The Morgan fingerprint density at radius 2 is 1.89 bits per heavy atom. The van der Waals surface area contributed by atoms with E-state index in [0.717, 1.165) is 10.5 Å². The number of imide groups is 1. The summed E-state index contributed by atoms with van der Waals surface area (Å²) in [4.78, 5) is 29.2. The maximum atomic E-state index is 12.1. The summed E-state index contributed by atoms with van der Waals surface area (Å²) in [6.45, 7) is 1.75. The fourth-order valence-corrected chi connectivity index (χ4v) is 1.89. The zero-order chi connectivity index (χ0) is 14.0. The lowest BCUT2D eigenvalue weighted by molar-refractivity contribution is -0.406. The zero-order valence-corrected chi connectivity index (χ0v) is 11.2. The molecule has 1 atom stereocenters. The molecule has 0 fully saturated rings. The molecule has 1 aromatic rings. The van der Waals surface area contributed by atoms with Gasteiger partial charge in [0.15, 0.2) is 0 Å². The van der Waals surface area contributed by atoms with E-state index in [2.05, 4.69) is 4.99 Å². The first kappa shape index (κ1) is 13.1. The summed E-state index contributed by atoms with van der Waals surface area (Å²) >= 11 is 0. The molecule has 19 heavy (non-hydrogen) atoms. The highest BCUT2D eigenvalue weighted by molar-refractivity contribution is 6.13. The van der Waals surface area contributed by atoms with E-state index in [-0.39, 0.29) is 11.9 Å². The number of benzene rings is 1. The Bertz CT molecular complexity index is 576. The maximum absolute atomic E-state index is 12.1. The predicted octanol–water partition coefficient (Wildman–Crippen LogP) is 1.17. The molecule has 0 saturated heterocycles. The fraction of sp³-hybridized carbons (Fsp3) is 0.286. The van der Waals surface area contributed by atoms with Crippen molar-refractivity contribution in [2.75, 3.05) is 14.1 Å². The second-order valence-corrected chi connectivity index (χ2v) is 4.47.